The summed E-state index contributed by atoms with van der Waals surface area (Å²) >= 11 is 6.14. The van der Waals surface area contributed by atoms with Crippen molar-refractivity contribution < 1.29 is 28.6 Å². The summed E-state index contributed by atoms with van der Waals surface area (Å²) < 4.78 is 15.8. The molecule has 0 aromatic heterocycles. The number of anilines is 1. The number of carbonyl (C=O) groups excluding carboxylic acids is 3. The van der Waals surface area contributed by atoms with Gasteiger partial charge in [-0.15, -0.1) is 0 Å². The number of carbonyl (C=O) groups is 3. The van der Waals surface area contributed by atoms with Crippen molar-refractivity contribution in [3.8, 4) is 11.5 Å². The van der Waals surface area contributed by atoms with E-state index in [9.17, 15) is 14.4 Å². The summed E-state index contributed by atoms with van der Waals surface area (Å²) in [4.78, 5) is 38.0. The van der Waals surface area contributed by atoms with Crippen LogP contribution in [0.2, 0.25) is 5.02 Å². The van der Waals surface area contributed by atoms with E-state index in [1.807, 2.05) is 6.92 Å². The number of rotatable bonds is 9. The molecular weight excluding hydrogens is 472 g/mol. The van der Waals surface area contributed by atoms with E-state index in [4.69, 9.17) is 25.8 Å². The largest absolute Gasteiger partial charge is 0.493 e. The first kappa shape index (κ1) is 25.6. The van der Waals surface area contributed by atoms with Crippen molar-refractivity contribution in [3.05, 3.63) is 88.4 Å². The molecule has 9 heteroatoms. The number of halogens is 1. The van der Waals surface area contributed by atoms with Crippen LogP contribution < -0.4 is 20.1 Å². The molecule has 182 valence electrons. The maximum absolute atomic E-state index is 13.0. The highest BCUT2D eigenvalue weighted by molar-refractivity contribution is 6.31. The van der Waals surface area contributed by atoms with Crippen molar-refractivity contribution in [2.75, 3.05) is 26.1 Å². The monoisotopic (exact) mass is 496 g/mol. The molecule has 0 saturated heterocycles. The lowest BCUT2D eigenvalue weighted by Gasteiger charge is -2.18. The van der Waals surface area contributed by atoms with E-state index in [2.05, 4.69) is 10.6 Å². The van der Waals surface area contributed by atoms with Crippen molar-refractivity contribution in [2.45, 2.75) is 13.0 Å². The van der Waals surface area contributed by atoms with Gasteiger partial charge in [-0.05, 0) is 42.8 Å². The zero-order chi connectivity index (χ0) is 25.4. The third-order valence-corrected chi connectivity index (χ3v) is 5.48. The molecule has 3 aromatic rings. The van der Waals surface area contributed by atoms with E-state index >= 15 is 0 Å². The fourth-order valence-corrected chi connectivity index (χ4v) is 3.36. The lowest BCUT2D eigenvalue weighted by Crippen LogP contribution is -2.33. The summed E-state index contributed by atoms with van der Waals surface area (Å²) in [7, 11) is 2.94. The van der Waals surface area contributed by atoms with Crippen LogP contribution in [-0.2, 0) is 14.3 Å². The molecule has 0 aliphatic heterocycles. The summed E-state index contributed by atoms with van der Waals surface area (Å²) in [6.45, 7) is 1.40. The molecular formula is C26H25ClN2O6. The number of nitrogens with one attached hydrogen (secondary N) is 2. The topological polar surface area (TPSA) is 103 Å². The molecule has 0 saturated carbocycles. The maximum atomic E-state index is 13.0. The van der Waals surface area contributed by atoms with Gasteiger partial charge in [-0.2, -0.15) is 0 Å². The number of ether oxygens (including phenoxy) is 3. The van der Waals surface area contributed by atoms with Crippen LogP contribution in [0.4, 0.5) is 5.69 Å². The minimum atomic E-state index is -1.23. The summed E-state index contributed by atoms with van der Waals surface area (Å²) in [6.07, 6.45) is -1.23. The van der Waals surface area contributed by atoms with E-state index in [-0.39, 0.29) is 5.56 Å². The average Bonchev–Trinajstić information content (AvgIpc) is 2.87. The smallest absolute Gasteiger partial charge is 0.326 e. The minimum absolute atomic E-state index is 0.268. The number of benzene rings is 3. The van der Waals surface area contributed by atoms with Gasteiger partial charge in [-0.1, -0.05) is 48.0 Å². The van der Waals surface area contributed by atoms with E-state index in [1.54, 1.807) is 54.6 Å². The van der Waals surface area contributed by atoms with Crippen LogP contribution in [0.1, 0.15) is 27.6 Å². The molecule has 1 atom stereocenters. The second kappa shape index (κ2) is 11.9. The molecule has 2 N–H and O–H groups in total. The highest BCUT2D eigenvalue weighted by atomic mass is 35.5. The Kier molecular flexibility index (Phi) is 8.69. The number of methoxy groups -OCH3 is 2. The second-order valence-electron chi connectivity index (χ2n) is 7.49. The molecule has 2 amide bonds. The highest BCUT2D eigenvalue weighted by Crippen LogP contribution is 2.27. The Labute approximate surface area is 208 Å². The van der Waals surface area contributed by atoms with Gasteiger partial charge in [-0.25, -0.2) is 0 Å². The number of aryl methyl sites for hydroxylation is 1. The Morgan fingerprint density at radius 1 is 0.914 bits per heavy atom. The van der Waals surface area contributed by atoms with E-state index in [0.717, 1.165) is 5.56 Å². The normalized spacial score (nSPS) is 11.2. The number of hydrogen-bond donors (Lipinski definition) is 2. The van der Waals surface area contributed by atoms with Crippen LogP contribution in [0, 0.1) is 6.92 Å². The van der Waals surface area contributed by atoms with Crippen LogP contribution in [0.25, 0.3) is 0 Å². The van der Waals surface area contributed by atoms with Gasteiger partial charge in [0.1, 0.15) is 6.54 Å². The number of hydrogen-bond acceptors (Lipinski definition) is 6. The lowest BCUT2D eigenvalue weighted by atomic mass is 10.1. The molecule has 0 spiro atoms. The Bertz CT molecular complexity index is 1220. The third kappa shape index (κ3) is 6.74. The molecule has 0 bridgehead atoms. The van der Waals surface area contributed by atoms with Crippen molar-refractivity contribution in [1.82, 2.24) is 5.32 Å². The Morgan fingerprint density at radius 2 is 1.63 bits per heavy atom. The molecule has 0 fully saturated rings. The fourth-order valence-electron chi connectivity index (χ4n) is 3.18. The molecule has 8 nitrogen and oxygen atoms in total. The van der Waals surface area contributed by atoms with Crippen molar-refractivity contribution >= 4 is 35.1 Å². The van der Waals surface area contributed by atoms with Gasteiger partial charge in [0, 0.05) is 21.8 Å². The first-order valence-electron chi connectivity index (χ1n) is 10.6. The quantitative estimate of drug-likeness (QED) is 0.428. The summed E-state index contributed by atoms with van der Waals surface area (Å²) in [5.41, 5.74) is 2.07. The molecule has 1 unspecified atom stereocenters. The van der Waals surface area contributed by atoms with Gasteiger partial charge in [0.05, 0.1) is 14.2 Å². The molecule has 3 rings (SSSR count). The number of esters is 1. The predicted octanol–water partition coefficient (Wildman–Crippen LogP) is 4.32. The zero-order valence-corrected chi connectivity index (χ0v) is 20.2. The number of amides is 2. The molecule has 0 aliphatic rings. The summed E-state index contributed by atoms with van der Waals surface area (Å²) in [6, 6.07) is 18.3. The van der Waals surface area contributed by atoms with Crippen LogP contribution in [0.5, 0.6) is 11.5 Å². The third-order valence-electron chi connectivity index (χ3n) is 5.07. The zero-order valence-electron chi connectivity index (χ0n) is 19.5. The SMILES string of the molecule is COc1ccc(C(=O)NCC(=O)OC(C(=O)Nc2ccc(C)c(Cl)c2)c2ccccc2)cc1OC. The first-order valence-corrected chi connectivity index (χ1v) is 11.0. The Hall–Kier alpha value is -4.04. The van der Waals surface area contributed by atoms with Crippen molar-refractivity contribution in [2.24, 2.45) is 0 Å². The molecule has 3 aromatic carbocycles. The van der Waals surface area contributed by atoms with Crippen LogP contribution >= 0.6 is 11.6 Å². The predicted molar refractivity (Wildman–Crippen MR) is 132 cm³/mol. The van der Waals surface area contributed by atoms with Gasteiger partial charge in [0.25, 0.3) is 11.8 Å². The average molecular weight is 497 g/mol. The Morgan fingerprint density at radius 3 is 2.29 bits per heavy atom. The molecule has 0 heterocycles. The molecule has 0 aliphatic carbocycles. The van der Waals surface area contributed by atoms with E-state index < -0.39 is 30.4 Å². The fraction of sp³-hybridized carbons (Fsp3) is 0.192. The first-order chi connectivity index (χ1) is 16.8. The van der Waals surface area contributed by atoms with Crippen molar-refractivity contribution in [3.63, 3.8) is 0 Å². The molecule has 35 heavy (non-hydrogen) atoms. The van der Waals surface area contributed by atoms with Crippen molar-refractivity contribution in [1.29, 1.82) is 0 Å². The van der Waals surface area contributed by atoms with Gasteiger partial charge in [0.2, 0.25) is 6.10 Å². The maximum Gasteiger partial charge on any atom is 0.326 e. The highest BCUT2D eigenvalue weighted by Gasteiger charge is 2.25. The van der Waals surface area contributed by atoms with E-state index in [0.29, 0.717) is 27.8 Å². The standard InChI is InChI=1S/C26H25ClN2O6/c1-16-9-11-19(14-20(16)27)29-26(32)24(17-7-5-4-6-8-17)35-23(30)15-28-25(31)18-10-12-21(33-2)22(13-18)34-3/h4-14,24H,15H2,1-3H3,(H,28,31)(H,29,32). The van der Waals surface area contributed by atoms with Crippen LogP contribution in [0.3, 0.4) is 0 Å². The molecule has 0 radical (unpaired) electrons. The van der Waals surface area contributed by atoms with Gasteiger partial charge in [0.15, 0.2) is 11.5 Å². The van der Waals surface area contributed by atoms with E-state index in [1.165, 1.54) is 26.4 Å². The lowest BCUT2D eigenvalue weighted by molar-refractivity contribution is -0.153. The van der Waals surface area contributed by atoms with Gasteiger partial charge in [-0.3, -0.25) is 14.4 Å². The Balaban J connectivity index is 1.68. The summed E-state index contributed by atoms with van der Waals surface area (Å²) in [5, 5.41) is 5.70. The van der Waals surface area contributed by atoms with Crippen LogP contribution in [0.15, 0.2) is 66.7 Å². The van der Waals surface area contributed by atoms with Gasteiger partial charge >= 0.3 is 5.97 Å². The van der Waals surface area contributed by atoms with Gasteiger partial charge < -0.3 is 24.8 Å². The minimum Gasteiger partial charge on any atom is -0.493 e. The summed E-state index contributed by atoms with van der Waals surface area (Å²) in [5.74, 6) is -1.02. The second-order valence-corrected chi connectivity index (χ2v) is 7.89. The van der Waals surface area contributed by atoms with Crippen LogP contribution in [-0.4, -0.2) is 38.5 Å².